The number of aliphatic hydroxyl groups is 2. The van der Waals surface area contributed by atoms with Crippen LogP contribution in [0.4, 0.5) is 0 Å². The fourth-order valence-electron chi connectivity index (χ4n) is 2.06. The zero-order valence-corrected chi connectivity index (χ0v) is 12.7. The van der Waals surface area contributed by atoms with Gasteiger partial charge in [-0.2, -0.15) is 0 Å². The van der Waals surface area contributed by atoms with Gasteiger partial charge in [0.2, 0.25) is 0 Å². The molecule has 0 amide bonds. The monoisotopic (exact) mass is 280 g/mol. The van der Waals surface area contributed by atoms with Crippen molar-refractivity contribution in [1.29, 1.82) is 0 Å². The first kappa shape index (κ1) is 17.2. The van der Waals surface area contributed by atoms with E-state index in [0.29, 0.717) is 13.2 Å². The normalized spacial score (nSPS) is 15.8. The molecule has 0 saturated carbocycles. The minimum atomic E-state index is -0.302. The molecule has 0 radical (unpaired) electrons. The Labute approximate surface area is 122 Å². The molecule has 3 heteroatoms. The highest BCUT2D eigenvalue weighted by Crippen LogP contribution is 2.16. The Balaban J connectivity index is 2.11. The number of rotatable bonds is 10. The fourth-order valence-corrected chi connectivity index (χ4v) is 2.06. The maximum Gasteiger partial charge on any atom is 0.0716 e. The molecule has 0 aromatic heterocycles. The molecule has 1 unspecified atom stereocenters. The third-order valence-electron chi connectivity index (χ3n) is 3.75. The summed E-state index contributed by atoms with van der Waals surface area (Å²) in [5.41, 5.74) is 1.18. The lowest BCUT2D eigenvalue weighted by Gasteiger charge is -2.20. The van der Waals surface area contributed by atoms with Gasteiger partial charge in [-0.25, -0.2) is 0 Å². The zero-order valence-electron chi connectivity index (χ0n) is 12.7. The van der Waals surface area contributed by atoms with E-state index in [4.69, 9.17) is 9.84 Å². The Kier molecular flexibility index (Phi) is 8.51. The Morgan fingerprint density at radius 3 is 2.40 bits per heavy atom. The summed E-state index contributed by atoms with van der Waals surface area (Å²) in [5, 5.41) is 19.0. The van der Waals surface area contributed by atoms with E-state index >= 15 is 0 Å². The average molecular weight is 280 g/mol. The Hall–Kier alpha value is -0.900. The van der Waals surface area contributed by atoms with E-state index < -0.39 is 0 Å². The van der Waals surface area contributed by atoms with Crippen LogP contribution in [0, 0.1) is 11.8 Å². The van der Waals surface area contributed by atoms with Crippen molar-refractivity contribution in [2.75, 3.05) is 13.2 Å². The molecule has 3 nitrogen and oxygen atoms in total. The van der Waals surface area contributed by atoms with Crippen LogP contribution < -0.4 is 0 Å². The van der Waals surface area contributed by atoms with Gasteiger partial charge in [0.1, 0.15) is 0 Å². The maximum absolute atomic E-state index is 10.0. The number of benzene rings is 1. The third kappa shape index (κ3) is 7.04. The van der Waals surface area contributed by atoms with Crippen LogP contribution in [-0.4, -0.2) is 29.5 Å². The van der Waals surface area contributed by atoms with Gasteiger partial charge in [-0.1, -0.05) is 44.2 Å². The van der Waals surface area contributed by atoms with Gasteiger partial charge in [0.25, 0.3) is 0 Å². The number of hydrogen-bond donors (Lipinski definition) is 2. The van der Waals surface area contributed by atoms with E-state index in [0.717, 1.165) is 19.3 Å². The molecule has 20 heavy (non-hydrogen) atoms. The molecule has 1 aromatic carbocycles. The molecule has 114 valence electrons. The SMILES string of the molecule is C[C@H](CO)CCC(O)[C@H](C)CCOCc1ccccc1. The van der Waals surface area contributed by atoms with Crippen molar-refractivity contribution in [3.8, 4) is 0 Å². The van der Waals surface area contributed by atoms with Crippen LogP contribution in [-0.2, 0) is 11.3 Å². The first-order chi connectivity index (χ1) is 9.63. The maximum atomic E-state index is 10.0. The predicted octanol–water partition coefficient (Wildman–Crippen LogP) is 3.00. The lowest BCUT2D eigenvalue weighted by molar-refractivity contribution is 0.0573. The van der Waals surface area contributed by atoms with Crippen LogP contribution in [0.5, 0.6) is 0 Å². The average Bonchev–Trinajstić information content (AvgIpc) is 2.49. The summed E-state index contributed by atoms with van der Waals surface area (Å²) >= 11 is 0. The molecular weight excluding hydrogens is 252 g/mol. The molecule has 0 fully saturated rings. The first-order valence-corrected chi connectivity index (χ1v) is 7.54. The van der Waals surface area contributed by atoms with Crippen LogP contribution >= 0.6 is 0 Å². The standard InChI is InChI=1S/C17H28O3/c1-14(12-18)8-9-17(19)15(2)10-11-20-13-16-6-4-3-5-7-16/h3-7,14-15,17-19H,8-13H2,1-2H3/t14-,15+,17?/m0/s1. The van der Waals surface area contributed by atoms with Crippen molar-refractivity contribution in [1.82, 2.24) is 0 Å². The molecule has 1 rings (SSSR count). The van der Waals surface area contributed by atoms with Gasteiger partial charge in [0, 0.05) is 13.2 Å². The van der Waals surface area contributed by atoms with Gasteiger partial charge in [0.15, 0.2) is 0 Å². The minimum Gasteiger partial charge on any atom is -0.396 e. The van der Waals surface area contributed by atoms with Crippen molar-refractivity contribution >= 4 is 0 Å². The summed E-state index contributed by atoms with van der Waals surface area (Å²) in [6, 6.07) is 10.1. The van der Waals surface area contributed by atoms with Gasteiger partial charge in [0.05, 0.1) is 12.7 Å². The number of aliphatic hydroxyl groups excluding tert-OH is 2. The van der Waals surface area contributed by atoms with Gasteiger partial charge in [-0.3, -0.25) is 0 Å². The summed E-state index contributed by atoms with van der Waals surface area (Å²) in [4.78, 5) is 0. The van der Waals surface area contributed by atoms with Gasteiger partial charge < -0.3 is 14.9 Å². The fraction of sp³-hybridized carbons (Fsp3) is 0.647. The quantitative estimate of drug-likeness (QED) is 0.648. The second-order valence-electron chi connectivity index (χ2n) is 5.74. The molecule has 1 aromatic rings. The van der Waals surface area contributed by atoms with Crippen molar-refractivity contribution in [3.05, 3.63) is 35.9 Å². The van der Waals surface area contributed by atoms with Crippen LogP contribution in [0.1, 0.15) is 38.7 Å². The molecular formula is C17H28O3. The Bertz CT molecular complexity index is 339. The molecule has 3 atom stereocenters. The predicted molar refractivity (Wildman–Crippen MR) is 81.4 cm³/mol. The molecule has 0 saturated heterocycles. The summed E-state index contributed by atoms with van der Waals surface area (Å²) in [6.07, 6.45) is 2.18. The van der Waals surface area contributed by atoms with Gasteiger partial charge in [-0.05, 0) is 36.7 Å². The van der Waals surface area contributed by atoms with Crippen molar-refractivity contribution < 1.29 is 14.9 Å². The van der Waals surface area contributed by atoms with Crippen LogP contribution in [0.3, 0.4) is 0 Å². The lowest BCUT2D eigenvalue weighted by atomic mass is 9.94. The highest BCUT2D eigenvalue weighted by atomic mass is 16.5. The molecule has 0 spiro atoms. The Morgan fingerprint density at radius 1 is 1.05 bits per heavy atom. The van der Waals surface area contributed by atoms with Crippen molar-refractivity contribution in [3.63, 3.8) is 0 Å². The smallest absolute Gasteiger partial charge is 0.0716 e. The van der Waals surface area contributed by atoms with E-state index in [9.17, 15) is 5.11 Å². The second-order valence-corrected chi connectivity index (χ2v) is 5.74. The topological polar surface area (TPSA) is 49.7 Å². The van der Waals surface area contributed by atoms with E-state index in [1.54, 1.807) is 0 Å². The van der Waals surface area contributed by atoms with Crippen LogP contribution in [0.2, 0.25) is 0 Å². The largest absolute Gasteiger partial charge is 0.396 e. The number of hydrogen-bond acceptors (Lipinski definition) is 3. The van der Waals surface area contributed by atoms with Gasteiger partial charge >= 0.3 is 0 Å². The molecule has 0 aliphatic heterocycles. The molecule has 0 heterocycles. The Morgan fingerprint density at radius 2 is 1.75 bits per heavy atom. The summed E-state index contributed by atoms with van der Waals surface area (Å²) in [6.45, 7) is 5.55. The van der Waals surface area contributed by atoms with E-state index in [1.165, 1.54) is 5.56 Å². The van der Waals surface area contributed by atoms with Crippen LogP contribution in [0.25, 0.3) is 0 Å². The minimum absolute atomic E-state index is 0.196. The van der Waals surface area contributed by atoms with Crippen molar-refractivity contribution in [2.24, 2.45) is 11.8 Å². The van der Waals surface area contributed by atoms with E-state index in [1.807, 2.05) is 25.1 Å². The summed E-state index contributed by atoms with van der Waals surface area (Å²) < 4.78 is 5.64. The summed E-state index contributed by atoms with van der Waals surface area (Å²) in [5.74, 6) is 0.503. The highest BCUT2D eigenvalue weighted by Gasteiger charge is 2.15. The van der Waals surface area contributed by atoms with Crippen LogP contribution in [0.15, 0.2) is 30.3 Å². The molecule has 0 bridgehead atoms. The molecule has 0 aliphatic rings. The highest BCUT2D eigenvalue weighted by molar-refractivity contribution is 5.13. The van der Waals surface area contributed by atoms with Crippen molar-refractivity contribution in [2.45, 2.75) is 45.8 Å². The molecule has 2 N–H and O–H groups in total. The first-order valence-electron chi connectivity index (χ1n) is 7.54. The second kappa shape index (κ2) is 9.92. The molecule has 0 aliphatic carbocycles. The lowest BCUT2D eigenvalue weighted by Crippen LogP contribution is -2.20. The zero-order chi connectivity index (χ0) is 14.8. The third-order valence-corrected chi connectivity index (χ3v) is 3.75. The van der Waals surface area contributed by atoms with Gasteiger partial charge in [-0.15, -0.1) is 0 Å². The summed E-state index contributed by atoms with van der Waals surface area (Å²) in [7, 11) is 0. The van der Waals surface area contributed by atoms with E-state index in [2.05, 4.69) is 19.1 Å². The van der Waals surface area contributed by atoms with E-state index in [-0.39, 0.29) is 24.5 Å². The number of ether oxygens (including phenoxy) is 1.